The molecule has 1 aliphatic rings. The normalized spacial score (nSPS) is 13.7. The molecule has 126 valence electrons. The molecule has 0 aliphatic carbocycles. The molecular weight excluding hydrogens is 316 g/mol. The van der Waals surface area contributed by atoms with Crippen LogP contribution in [-0.2, 0) is 16.0 Å². The van der Waals surface area contributed by atoms with Crippen molar-refractivity contribution in [3.63, 3.8) is 0 Å². The second-order valence-corrected chi connectivity index (χ2v) is 6.37. The Morgan fingerprint density at radius 3 is 2.84 bits per heavy atom. The minimum absolute atomic E-state index is 0.0315. The van der Waals surface area contributed by atoms with Gasteiger partial charge in [-0.2, -0.15) is 0 Å². The van der Waals surface area contributed by atoms with Crippen LogP contribution in [0.2, 0.25) is 0 Å². The molecule has 1 aliphatic heterocycles. The lowest BCUT2D eigenvalue weighted by Gasteiger charge is -2.29. The van der Waals surface area contributed by atoms with Gasteiger partial charge in [0.15, 0.2) is 0 Å². The van der Waals surface area contributed by atoms with Crippen LogP contribution >= 0.6 is 0 Å². The zero-order valence-electron chi connectivity index (χ0n) is 14.1. The molecule has 0 unspecified atom stereocenters. The smallest absolute Gasteiger partial charge is 0.244 e. The van der Waals surface area contributed by atoms with Gasteiger partial charge in [-0.05, 0) is 37.1 Å². The van der Waals surface area contributed by atoms with Crippen LogP contribution in [-0.4, -0.2) is 18.4 Å². The Morgan fingerprint density at radius 2 is 2.00 bits per heavy atom. The molecule has 1 N–H and O–H groups in total. The predicted octanol–water partition coefficient (Wildman–Crippen LogP) is 3.58. The van der Waals surface area contributed by atoms with E-state index in [2.05, 4.69) is 5.32 Å². The quantitative estimate of drug-likeness (QED) is 0.779. The van der Waals surface area contributed by atoms with Crippen LogP contribution in [0.15, 0.2) is 47.1 Å². The van der Waals surface area contributed by atoms with Crippen molar-refractivity contribution in [2.24, 2.45) is 0 Å². The van der Waals surface area contributed by atoms with Crippen LogP contribution in [0, 0.1) is 13.8 Å². The number of para-hydroxylation sites is 2. The van der Waals surface area contributed by atoms with Crippen molar-refractivity contribution in [2.75, 3.05) is 16.8 Å². The molecule has 4 rings (SSSR count). The minimum atomic E-state index is -0.185. The van der Waals surface area contributed by atoms with E-state index in [4.69, 9.17) is 4.42 Å². The molecule has 0 fully saturated rings. The van der Waals surface area contributed by atoms with Crippen molar-refractivity contribution in [2.45, 2.75) is 20.3 Å². The largest absolute Gasteiger partial charge is 0.464 e. The van der Waals surface area contributed by atoms with E-state index in [9.17, 15) is 9.59 Å². The van der Waals surface area contributed by atoms with Gasteiger partial charge in [0, 0.05) is 10.9 Å². The number of fused-ring (bicyclic) bond motifs is 2. The summed E-state index contributed by atoms with van der Waals surface area (Å²) in [6.07, 6.45) is 1.84. The monoisotopic (exact) mass is 334 g/mol. The number of amides is 2. The lowest BCUT2D eigenvalue weighted by atomic mass is 10.0. The van der Waals surface area contributed by atoms with E-state index in [1.807, 2.05) is 44.2 Å². The van der Waals surface area contributed by atoms with Crippen LogP contribution in [0.3, 0.4) is 0 Å². The van der Waals surface area contributed by atoms with Crippen LogP contribution < -0.4 is 10.2 Å². The molecule has 2 aromatic carbocycles. The second kappa shape index (κ2) is 5.77. The van der Waals surface area contributed by atoms with Crippen LogP contribution in [0.4, 0.5) is 11.4 Å². The van der Waals surface area contributed by atoms with Crippen molar-refractivity contribution in [3.05, 3.63) is 59.4 Å². The molecule has 0 saturated heterocycles. The number of aryl methyl sites for hydroxylation is 2. The summed E-state index contributed by atoms with van der Waals surface area (Å²) >= 11 is 0. The van der Waals surface area contributed by atoms with Gasteiger partial charge < -0.3 is 14.6 Å². The van der Waals surface area contributed by atoms with Crippen LogP contribution in [0.25, 0.3) is 11.0 Å². The van der Waals surface area contributed by atoms with E-state index in [-0.39, 0.29) is 24.8 Å². The maximum absolute atomic E-state index is 12.9. The van der Waals surface area contributed by atoms with Crippen molar-refractivity contribution in [3.8, 4) is 0 Å². The lowest BCUT2D eigenvalue weighted by Crippen LogP contribution is -2.42. The van der Waals surface area contributed by atoms with Gasteiger partial charge in [0.05, 0.1) is 24.1 Å². The standard InChI is InChI=1S/C20H18N2O3/c1-12-7-8-15-14(11-25-20(15)13(12)2)9-19(24)22-10-18(23)21-16-5-3-4-6-17(16)22/h3-8,11H,9-10H2,1-2H3,(H,21,23). The first-order valence-corrected chi connectivity index (χ1v) is 8.20. The summed E-state index contributed by atoms with van der Waals surface area (Å²) in [5, 5.41) is 3.75. The Kier molecular flexibility index (Phi) is 3.57. The molecule has 25 heavy (non-hydrogen) atoms. The molecule has 3 aromatic rings. The van der Waals surface area contributed by atoms with E-state index < -0.39 is 0 Å². The molecule has 5 nitrogen and oxygen atoms in total. The van der Waals surface area contributed by atoms with Crippen LogP contribution in [0.5, 0.6) is 0 Å². The van der Waals surface area contributed by atoms with E-state index >= 15 is 0 Å². The first-order valence-electron chi connectivity index (χ1n) is 8.20. The van der Waals surface area contributed by atoms with Gasteiger partial charge in [-0.25, -0.2) is 0 Å². The molecule has 0 saturated carbocycles. The molecule has 2 heterocycles. The number of rotatable bonds is 2. The molecule has 0 bridgehead atoms. The van der Waals surface area contributed by atoms with Gasteiger partial charge in [-0.1, -0.05) is 24.3 Å². The number of carbonyl (C=O) groups is 2. The fourth-order valence-electron chi connectivity index (χ4n) is 3.24. The van der Waals surface area contributed by atoms with E-state index in [0.29, 0.717) is 5.69 Å². The molecule has 2 amide bonds. The number of hydrogen-bond acceptors (Lipinski definition) is 3. The van der Waals surface area contributed by atoms with Gasteiger partial charge in [0.1, 0.15) is 12.1 Å². The van der Waals surface area contributed by atoms with Gasteiger partial charge in [0.25, 0.3) is 0 Å². The third kappa shape index (κ3) is 2.58. The first kappa shape index (κ1) is 15.4. The summed E-state index contributed by atoms with van der Waals surface area (Å²) in [4.78, 5) is 26.3. The van der Waals surface area contributed by atoms with Crippen molar-refractivity contribution >= 4 is 34.2 Å². The Hall–Kier alpha value is -3.08. The molecular formula is C20H18N2O3. The number of nitrogens with zero attached hydrogens (tertiary/aromatic N) is 1. The average Bonchev–Trinajstić information content (AvgIpc) is 3.00. The second-order valence-electron chi connectivity index (χ2n) is 6.37. The highest BCUT2D eigenvalue weighted by Crippen LogP contribution is 2.31. The summed E-state index contributed by atoms with van der Waals surface area (Å²) < 4.78 is 5.69. The minimum Gasteiger partial charge on any atom is -0.464 e. The van der Waals surface area contributed by atoms with Gasteiger partial charge in [0.2, 0.25) is 11.8 Å². The van der Waals surface area contributed by atoms with Gasteiger partial charge in [-0.3, -0.25) is 9.59 Å². The highest BCUT2D eigenvalue weighted by Gasteiger charge is 2.27. The number of carbonyl (C=O) groups excluding carboxylic acids is 2. The maximum atomic E-state index is 12.9. The van der Waals surface area contributed by atoms with Crippen molar-refractivity contribution in [1.29, 1.82) is 0 Å². The van der Waals surface area contributed by atoms with Gasteiger partial charge in [-0.15, -0.1) is 0 Å². The highest BCUT2D eigenvalue weighted by molar-refractivity contribution is 6.10. The average molecular weight is 334 g/mol. The topological polar surface area (TPSA) is 62.6 Å². The van der Waals surface area contributed by atoms with Gasteiger partial charge >= 0.3 is 0 Å². The number of furan rings is 1. The van der Waals surface area contributed by atoms with Crippen molar-refractivity contribution < 1.29 is 14.0 Å². The Bertz CT molecular complexity index is 1000. The Balaban J connectivity index is 1.67. The zero-order chi connectivity index (χ0) is 17.6. The number of hydrogen-bond donors (Lipinski definition) is 1. The molecule has 5 heteroatoms. The maximum Gasteiger partial charge on any atom is 0.244 e. The SMILES string of the molecule is Cc1ccc2c(CC(=O)N3CC(=O)Nc4ccccc43)coc2c1C. The van der Waals surface area contributed by atoms with E-state index in [0.717, 1.165) is 33.3 Å². The third-order valence-corrected chi connectivity index (χ3v) is 4.76. The number of nitrogens with one attached hydrogen (secondary N) is 1. The first-order chi connectivity index (χ1) is 12.0. The van der Waals surface area contributed by atoms with Crippen LogP contribution in [0.1, 0.15) is 16.7 Å². The summed E-state index contributed by atoms with van der Waals surface area (Å²) in [6.45, 7) is 4.08. The molecule has 1 aromatic heterocycles. The molecule has 0 radical (unpaired) electrons. The van der Waals surface area contributed by atoms with Crippen molar-refractivity contribution in [1.82, 2.24) is 0 Å². The Labute approximate surface area is 145 Å². The Morgan fingerprint density at radius 1 is 1.20 bits per heavy atom. The highest BCUT2D eigenvalue weighted by atomic mass is 16.3. The van der Waals surface area contributed by atoms with E-state index in [1.54, 1.807) is 12.3 Å². The predicted molar refractivity (Wildman–Crippen MR) is 96.8 cm³/mol. The summed E-state index contributed by atoms with van der Waals surface area (Å²) in [6, 6.07) is 11.4. The summed E-state index contributed by atoms with van der Waals surface area (Å²) in [5.74, 6) is -0.307. The van der Waals surface area contributed by atoms with E-state index in [1.165, 1.54) is 4.90 Å². The fraction of sp³-hybridized carbons (Fsp3) is 0.200. The summed E-state index contributed by atoms with van der Waals surface area (Å²) in [7, 11) is 0. The third-order valence-electron chi connectivity index (χ3n) is 4.76. The molecule has 0 atom stereocenters. The fourth-order valence-corrected chi connectivity index (χ4v) is 3.24. The number of anilines is 2. The summed E-state index contributed by atoms with van der Waals surface area (Å²) in [5.41, 5.74) is 5.29. The number of benzene rings is 2. The molecule has 0 spiro atoms. The zero-order valence-corrected chi connectivity index (χ0v) is 14.1. The lowest BCUT2D eigenvalue weighted by molar-refractivity contribution is -0.121.